The van der Waals surface area contributed by atoms with Crippen LogP contribution in [0.1, 0.15) is 12.0 Å². The molecular formula is C10H8F4O2. The van der Waals surface area contributed by atoms with E-state index in [9.17, 15) is 22.4 Å². The van der Waals surface area contributed by atoms with Crippen LogP contribution in [0.5, 0.6) is 5.75 Å². The first kappa shape index (κ1) is 12.5. The molecule has 16 heavy (non-hydrogen) atoms. The maximum absolute atomic E-state index is 12.8. The zero-order chi connectivity index (χ0) is 12.2. The molecule has 0 aliphatic heterocycles. The van der Waals surface area contributed by atoms with E-state index in [1.807, 2.05) is 0 Å². The van der Waals surface area contributed by atoms with Gasteiger partial charge in [0.15, 0.2) is 0 Å². The molecule has 6 heteroatoms. The highest BCUT2D eigenvalue weighted by molar-refractivity contribution is 5.51. The Morgan fingerprint density at radius 3 is 2.56 bits per heavy atom. The third kappa shape index (κ3) is 3.88. The molecule has 0 fully saturated rings. The molecular weight excluding hydrogens is 228 g/mol. The lowest BCUT2D eigenvalue weighted by molar-refractivity contribution is -0.274. The zero-order valence-corrected chi connectivity index (χ0v) is 8.05. The molecule has 0 bridgehead atoms. The molecule has 0 saturated heterocycles. The molecule has 88 valence electrons. The van der Waals surface area contributed by atoms with Crippen molar-refractivity contribution in [3.8, 4) is 5.75 Å². The van der Waals surface area contributed by atoms with E-state index in [2.05, 4.69) is 4.74 Å². The normalized spacial score (nSPS) is 11.2. The largest absolute Gasteiger partial charge is 0.573 e. The summed E-state index contributed by atoms with van der Waals surface area (Å²) in [7, 11) is 0. The Morgan fingerprint density at radius 2 is 2.00 bits per heavy atom. The van der Waals surface area contributed by atoms with Crippen molar-refractivity contribution in [2.45, 2.75) is 19.2 Å². The van der Waals surface area contributed by atoms with Gasteiger partial charge in [0.2, 0.25) is 0 Å². The van der Waals surface area contributed by atoms with Gasteiger partial charge in [-0.15, -0.1) is 13.2 Å². The fraction of sp³-hybridized carbons (Fsp3) is 0.300. The van der Waals surface area contributed by atoms with E-state index in [1.54, 1.807) is 0 Å². The van der Waals surface area contributed by atoms with Crippen LogP contribution in [0, 0.1) is 5.82 Å². The highest BCUT2D eigenvalue weighted by Gasteiger charge is 2.32. The summed E-state index contributed by atoms with van der Waals surface area (Å²) in [6.45, 7) is 0. The van der Waals surface area contributed by atoms with E-state index in [-0.39, 0.29) is 18.4 Å². The van der Waals surface area contributed by atoms with Gasteiger partial charge in [0.1, 0.15) is 17.9 Å². The van der Waals surface area contributed by atoms with Crippen LogP contribution in [-0.4, -0.2) is 12.6 Å². The summed E-state index contributed by atoms with van der Waals surface area (Å²) in [5.41, 5.74) is 0.0180. The molecule has 0 radical (unpaired) electrons. The number of aryl methyl sites for hydroxylation is 1. The van der Waals surface area contributed by atoms with Crippen LogP contribution in [0.3, 0.4) is 0 Å². The van der Waals surface area contributed by atoms with E-state index >= 15 is 0 Å². The Bertz CT molecular complexity index is 374. The summed E-state index contributed by atoms with van der Waals surface area (Å²) >= 11 is 0. The molecule has 1 aromatic carbocycles. The van der Waals surface area contributed by atoms with Crippen molar-refractivity contribution >= 4 is 6.29 Å². The monoisotopic (exact) mass is 236 g/mol. The first-order valence-corrected chi connectivity index (χ1v) is 4.40. The number of carbonyl (C=O) groups excluding carboxylic acids is 1. The van der Waals surface area contributed by atoms with Crippen LogP contribution in [-0.2, 0) is 11.2 Å². The zero-order valence-electron chi connectivity index (χ0n) is 8.05. The molecule has 0 aliphatic rings. The number of aldehydes is 1. The molecule has 0 saturated carbocycles. The maximum Gasteiger partial charge on any atom is 0.573 e. The van der Waals surface area contributed by atoms with Gasteiger partial charge in [-0.1, -0.05) is 0 Å². The summed E-state index contributed by atoms with van der Waals surface area (Å²) in [4.78, 5) is 10.1. The lowest BCUT2D eigenvalue weighted by Crippen LogP contribution is -2.18. The van der Waals surface area contributed by atoms with E-state index in [4.69, 9.17) is 0 Å². The molecule has 0 aromatic heterocycles. The fourth-order valence-corrected chi connectivity index (χ4v) is 1.18. The van der Waals surface area contributed by atoms with E-state index in [0.29, 0.717) is 6.29 Å². The number of hydrogen-bond donors (Lipinski definition) is 0. The van der Waals surface area contributed by atoms with Gasteiger partial charge in [0.25, 0.3) is 0 Å². The molecule has 0 unspecified atom stereocenters. The van der Waals surface area contributed by atoms with Crippen molar-refractivity contribution in [1.29, 1.82) is 0 Å². The highest BCUT2D eigenvalue weighted by atomic mass is 19.4. The van der Waals surface area contributed by atoms with Gasteiger partial charge in [0.05, 0.1) is 0 Å². The quantitative estimate of drug-likeness (QED) is 0.593. The molecule has 0 N–H and O–H groups in total. The van der Waals surface area contributed by atoms with Gasteiger partial charge in [0, 0.05) is 6.42 Å². The average Bonchev–Trinajstić information content (AvgIpc) is 2.16. The molecule has 1 rings (SSSR count). The maximum atomic E-state index is 12.8. The number of hydrogen-bond acceptors (Lipinski definition) is 2. The third-order valence-corrected chi connectivity index (χ3v) is 1.78. The molecule has 0 spiro atoms. The minimum absolute atomic E-state index is 0.00662. The van der Waals surface area contributed by atoms with Gasteiger partial charge in [-0.2, -0.15) is 0 Å². The number of rotatable bonds is 4. The predicted octanol–water partition coefficient (Wildman–Crippen LogP) is 2.86. The summed E-state index contributed by atoms with van der Waals surface area (Å²) in [6, 6.07) is 2.68. The summed E-state index contributed by atoms with van der Waals surface area (Å²) in [5, 5.41) is 0. The standard InChI is InChI=1S/C10H8F4O2/c11-8-3-4-9(16-10(12,13)14)7(6-8)2-1-5-15/h3-6H,1-2H2. The van der Waals surface area contributed by atoms with Gasteiger partial charge in [-0.05, 0) is 30.2 Å². The molecule has 0 atom stereocenters. The number of halogens is 4. The minimum Gasteiger partial charge on any atom is -0.405 e. The van der Waals surface area contributed by atoms with Gasteiger partial charge >= 0.3 is 6.36 Å². The Labute approximate surface area is 88.8 Å². The van der Waals surface area contributed by atoms with Crippen molar-refractivity contribution in [2.75, 3.05) is 0 Å². The number of carbonyl (C=O) groups is 1. The van der Waals surface area contributed by atoms with Crippen LogP contribution in [0.15, 0.2) is 18.2 Å². The molecule has 0 heterocycles. The van der Waals surface area contributed by atoms with Crippen LogP contribution in [0.25, 0.3) is 0 Å². The Hall–Kier alpha value is -1.59. The van der Waals surface area contributed by atoms with Crippen molar-refractivity contribution in [3.63, 3.8) is 0 Å². The van der Waals surface area contributed by atoms with Crippen molar-refractivity contribution < 1.29 is 27.1 Å². The lowest BCUT2D eigenvalue weighted by Gasteiger charge is -2.12. The third-order valence-electron chi connectivity index (χ3n) is 1.78. The Kier molecular flexibility index (Phi) is 3.87. The fourth-order valence-electron chi connectivity index (χ4n) is 1.18. The first-order valence-electron chi connectivity index (χ1n) is 4.40. The van der Waals surface area contributed by atoms with Crippen molar-refractivity contribution in [2.24, 2.45) is 0 Å². The van der Waals surface area contributed by atoms with Gasteiger partial charge in [-0.3, -0.25) is 0 Å². The first-order chi connectivity index (χ1) is 7.42. The highest BCUT2D eigenvalue weighted by Crippen LogP contribution is 2.27. The second-order valence-electron chi connectivity index (χ2n) is 3.01. The van der Waals surface area contributed by atoms with E-state index in [0.717, 1.165) is 18.2 Å². The number of benzene rings is 1. The topological polar surface area (TPSA) is 26.3 Å². The summed E-state index contributed by atoms with van der Waals surface area (Å²) in [6.07, 6.45) is -4.26. The SMILES string of the molecule is O=CCCc1cc(F)ccc1OC(F)(F)F. The minimum atomic E-state index is -4.83. The average molecular weight is 236 g/mol. The molecule has 0 amide bonds. The Balaban J connectivity index is 2.93. The molecule has 0 aliphatic carbocycles. The lowest BCUT2D eigenvalue weighted by atomic mass is 10.1. The smallest absolute Gasteiger partial charge is 0.405 e. The predicted molar refractivity (Wildman–Crippen MR) is 47.5 cm³/mol. The van der Waals surface area contributed by atoms with Gasteiger partial charge < -0.3 is 9.53 Å². The van der Waals surface area contributed by atoms with Gasteiger partial charge in [-0.25, -0.2) is 4.39 Å². The second-order valence-corrected chi connectivity index (χ2v) is 3.01. The molecule has 2 nitrogen and oxygen atoms in total. The second kappa shape index (κ2) is 4.96. The van der Waals surface area contributed by atoms with Crippen LogP contribution in [0.2, 0.25) is 0 Å². The molecule has 1 aromatic rings. The van der Waals surface area contributed by atoms with Crippen LogP contribution in [0.4, 0.5) is 17.6 Å². The summed E-state index contributed by atoms with van der Waals surface area (Å²) < 4.78 is 52.4. The van der Waals surface area contributed by atoms with Crippen molar-refractivity contribution in [1.82, 2.24) is 0 Å². The van der Waals surface area contributed by atoms with Crippen LogP contribution < -0.4 is 4.74 Å². The number of ether oxygens (including phenoxy) is 1. The van der Waals surface area contributed by atoms with E-state index in [1.165, 1.54) is 0 Å². The van der Waals surface area contributed by atoms with Crippen molar-refractivity contribution in [3.05, 3.63) is 29.6 Å². The number of alkyl halides is 3. The summed E-state index contributed by atoms with van der Waals surface area (Å²) in [5.74, 6) is -1.15. The van der Waals surface area contributed by atoms with Crippen LogP contribution >= 0.6 is 0 Å². The Morgan fingerprint density at radius 1 is 1.31 bits per heavy atom. The van der Waals surface area contributed by atoms with E-state index < -0.39 is 17.9 Å².